The van der Waals surface area contributed by atoms with Gasteiger partial charge in [-0.25, -0.2) is 12.8 Å². The van der Waals surface area contributed by atoms with Gasteiger partial charge in [0.25, 0.3) is 10.0 Å². The van der Waals surface area contributed by atoms with Crippen molar-refractivity contribution in [1.29, 1.82) is 0 Å². The van der Waals surface area contributed by atoms with Gasteiger partial charge in [-0.05, 0) is 42.8 Å². The first-order chi connectivity index (χ1) is 11.4. The normalized spacial score (nSPS) is 11.5. The van der Waals surface area contributed by atoms with E-state index in [4.69, 9.17) is 0 Å². The van der Waals surface area contributed by atoms with Crippen molar-refractivity contribution < 1.29 is 12.8 Å². The number of hydrogen-bond donors (Lipinski definition) is 1. The zero-order chi connectivity index (χ0) is 17.3. The number of rotatable bonds is 4. The molecule has 0 spiro atoms. The van der Waals surface area contributed by atoms with Crippen molar-refractivity contribution in [1.82, 2.24) is 14.8 Å². The standard InChI is InChI=1S/C16H15FN4O2S/c1-11-8-14(6-7-15(11)17)24(22,23)20-13-5-3-4-12(9-13)16-19-18-10-21(16)2/h3-10,20H,1-2H3. The second-order valence-electron chi connectivity index (χ2n) is 5.36. The summed E-state index contributed by atoms with van der Waals surface area (Å²) in [7, 11) is -2.01. The molecule has 6 nitrogen and oxygen atoms in total. The molecule has 0 aliphatic carbocycles. The molecule has 124 valence electrons. The van der Waals surface area contributed by atoms with Crippen molar-refractivity contribution >= 4 is 15.7 Å². The van der Waals surface area contributed by atoms with Crippen molar-refractivity contribution in [3.8, 4) is 11.4 Å². The smallest absolute Gasteiger partial charge is 0.261 e. The number of nitrogens with zero attached hydrogens (tertiary/aromatic N) is 3. The topological polar surface area (TPSA) is 76.9 Å². The average Bonchev–Trinajstić information content (AvgIpc) is 2.96. The minimum Gasteiger partial charge on any atom is -0.317 e. The van der Waals surface area contributed by atoms with Crippen LogP contribution in [0.25, 0.3) is 11.4 Å². The molecule has 0 amide bonds. The van der Waals surface area contributed by atoms with E-state index in [-0.39, 0.29) is 10.5 Å². The Hall–Kier alpha value is -2.74. The van der Waals surface area contributed by atoms with Crippen molar-refractivity contribution in [2.75, 3.05) is 4.72 Å². The van der Waals surface area contributed by atoms with E-state index in [1.165, 1.54) is 19.1 Å². The maximum Gasteiger partial charge on any atom is 0.261 e. The molecule has 1 aromatic heterocycles. The van der Waals surface area contributed by atoms with Crippen LogP contribution in [0.15, 0.2) is 53.7 Å². The Labute approximate surface area is 139 Å². The summed E-state index contributed by atoms with van der Waals surface area (Å²) in [5.74, 6) is 0.173. The van der Waals surface area contributed by atoms with Crippen molar-refractivity contribution in [2.45, 2.75) is 11.8 Å². The molecule has 0 saturated carbocycles. The predicted molar refractivity (Wildman–Crippen MR) is 88.4 cm³/mol. The molecule has 0 aliphatic heterocycles. The fraction of sp³-hybridized carbons (Fsp3) is 0.125. The highest BCUT2D eigenvalue weighted by Gasteiger charge is 2.16. The number of benzene rings is 2. The van der Waals surface area contributed by atoms with Crippen LogP contribution in [0.4, 0.5) is 10.1 Å². The van der Waals surface area contributed by atoms with Gasteiger partial charge in [0.05, 0.1) is 4.90 Å². The Morgan fingerprint density at radius 3 is 2.62 bits per heavy atom. The summed E-state index contributed by atoms with van der Waals surface area (Å²) in [6.45, 7) is 1.52. The molecule has 0 bridgehead atoms. The molecule has 0 radical (unpaired) electrons. The number of halogens is 1. The molecule has 1 heterocycles. The highest BCUT2D eigenvalue weighted by molar-refractivity contribution is 7.92. The summed E-state index contributed by atoms with van der Waals surface area (Å²) in [6, 6.07) is 10.5. The molecule has 0 aliphatic rings. The van der Waals surface area contributed by atoms with E-state index in [1.807, 2.05) is 6.07 Å². The van der Waals surface area contributed by atoms with Crippen molar-refractivity contribution in [3.63, 3.8) is 0 Å². The van der Waals surface area contributed by atoms with Crippen LogP contribution in [0.1, 0.15) is 5.56 Å². The number of nitrogens with one attached hydrogen (secondary N) is 1. The van der Waals surface area contributed by atoms with Gasteiger partial charge in [0.2, 0.25) is 0 Å². The third-order valence-electron chi connectivity index (χ3n) is 3.52. The Bertz CT molecular complexity index is 999. The third kappa shape index (κ3) is 3.13. The van der Waals surface area contributed by atoms with Crippen LogP contribution in [0.5, 0.6) is 0 Å². The molecule has 0 atom stereocenters. The first kappa shape index (κ1) is 16.1. The average molecular weight is 346 g/mol. The molecule has 0 saturated heterocycles. The van der Waals surface area contributed by atoms with Gasteiger partial charge in [0.15, 0.2) is 5.82 Å². The largest absolute Gasteiger partial charge is 0.317 e. The number of aryl methyl sites for hydroxylation is 2. The summed E-state index contributed by atoms with van der Waals surface area (Å²) in [4.78, 5) is 0.00506. The molecule has 0 fully saturated rings. The van der Waals surface area contributed by atoms with Crippen LogP contribution in [0.2, 0.25) is 0 Å². The number of sulfonamides is 1. The minimum absolute atomic E-state index is 0.00506. The molecular weight excluding hydrogens is 331 g/mol. The van der Waals surface area contributed by atoms with Crippen molar-refractivity contribution in [3.05, 3.63) is 60.2 Å². The zero-order valence-electron chi connectivity index (χ0n) is 13.1. The van der Waals surface area contributed by atoms with Gasteiger partial charge in [-0.3, -0.25) is 4.72 Å². The van der Waals surface area contributed by atoms with E-state index in [0.29, 0.717) is 11.5 Å². The van der Waals surface area contributed by atoms with Crippen LogP contribution < -0.4 is 4.72 Å². The monoisotopic (exact) mass is 346 g/mol. The molecule has 2 aromatic carbocycles. The quantitative estimate of drug-likeness (QED) is 0.788. The van der Waals surface area contributed by atoms with Crippen LogP contribution >= 0.6 is 0 Å². The maximum absolute atomic E-state index is 13.3. The first-order valence-electron chi connectivity index (χ1n) is 7.10. The van der Waals surface area contributed by atoms with Crippen LogP contribution in [-0.2, 0) is 17.1 Å². The summed E-state index contributed by atoms with van der Waals surface area (Å²) < 4.78 is 42.5. The van der Waals surface area contributed by atoms with Crippen LogP contribution in [0, 0.1) is 12.7 Å². The Balaban J connectivity index is 1.93. The highest BCUT2D eigenvalue weighted by Crippen LogP contribution is 2.23. The van der Waals surface area contributed by atoms with E-state index in [2.05, 4.69) is 14.9 Å². The SMILES string of the molecule is Cc1cc(S(=O)(=O)Nc2cccc(-c3nncn3C)c2)ccc1F. The lowest BCUT2D eigenvalue weighted by atomic mass is 10.2. The lowest BCUT2D eigenvalue weighted by molar-refractivity contribution is 0.598. The lowest BCUT2D eigenvalue weighted by Crippen LogP contribution is -2.13. The lowest BCUT2D eigenvalue weighted by Gasteiger charge is -2.10. The summed E-state index contributed by atoms with van der Waals surface area (Å²) >= 11 is 0. The highest BCUT2D eigenvalue weighted by atomic mass is 32.2. The molecule has 1 N–H and O–H groups in total. The minimum atomic E-state index is -3.81. The van der Waals surface area contributed by atoms with Crippen LogP contribution in [-0.4, -0.2) is 23.2 Å². The first-order valence-corrected chi connectivity index (χ1v) is 8.58. The molecule has 3 rings (SSSR count). The fourth-order valence-electron chi connectivity index (χ4n) is 2.26. The molecular formula is C16H15FN4O2S. The number of aromatic nitrogens is 3. The molecule has 3 aromatic rings. The summed E-state index contributed by atoms with van der Waals surface area (Å²) in [5, 5.41) is 7.80. The van der Waals surface area contributed by atoms with Crippen LogP contribution in [0.3, 0.4) is 0 Å². The summed E-state index contributed by atoms with van der Waals surface area (Å²) in [6.07, 6.45) is 1.56. The fourth-order valence-corrected chi connectivity index (χ4v) is 3.40. The van der Waals surface area contributed by atoms with Gasteiger partial charge in [0.1, 0.15) is 12.1 Å². The van der Waals surface area contributed by atoms with Gasteiger partial charge < -0.3 is 4.57 Å². The van der Waals surface area contributed by atoms with E-state index in [1.54, 1.807) is 36.1 Å². The Morgan fingerprint density at radius 2 is 1.96 bits per heavy atom. The maximum atomic E-state index is 13.3. The Kier molecular flexibility index (Phi) is 4.06. The van der Waals surface area contributed by atoms with Gasteiger partial charge >= 0.3 is 0 Å². The molecule has 8 heteroatoms. The number of hydrogen-bond acceptors (Lipinski definition) is 4. The molecule has 0 unspecified atom stereocenters. The second kappa shape index (κ2) is 6.04. The second-order valence-corrected chi connectivity index (χ2v) is 7.05. The van der Waals surface area contributed by atoms with Gasteiger partial charge in [-0.2, -0.15) is 0 Å². The van der Waals surface area contributed by atoms with Gasteiger partial charge in [0, 0.05) is 18.3 Å². The summed E-state index contributed by atoms with van der Waals surface area (Å²) in [5.41, 5.74) is 1.38. The van der Waals surface area contributed by atoms with E-state index in [9.17, 15) is 12.8 Å². The van der Waals surface area contributed by atoms with Gasteiger partial charge in [-0.1, -0.05) is 12.1 Å². The zero-order valence-corrected chi connectivity index (χ0v) is 13.9. The van der Waals surface area contributed by atoms with E-state index < -0.39 is 15.8 Å². The Morgan fingerprint density at radius 1 is 1.17 bits per heavy atom. The predicted octanol–water partition coefficient (Wildman–Crippen LogP) is 2.73. The van der Waals surface area contributed by atoms with E-state index >= 15 is 0 Å². The third-order valence-corrected chi connectivity index (χ3v) is 4.90. The molecule has 24 heavy (non-hydrogen) atoms. The van der Waals surface area contributed by atoms with E-state index in [0.717, 1.165) is 11.6 Å². The van der Waals surface area contributed by atoms with Gasteiger partial charge in [-0.15, -0.1) is 10.2 Å². The number of anilines is 1. The van der Waals surface area contributed by atoms with Crippen molar-refractivity contribution in [2.24, 2.45) is 7.05 Å².